The molecule has 0 radical (unpaired) electrons. The Kier molecular flexibility index (Phi) is 1.49. The number of fused-ring (bicyclic) bond motifs is 1. The highest BCUT2D eigenvalue weighted by Crippen LogP contribution is 2.41. The highest BCUT2D eigenvalue weighted by atomic mass is 14.3. The van der Waals surface area contributed by atoms with Gasteiger partial charge in [0.1, 0.15) is 0 Å². The van der Waals surface area contributed by atoms with Crippen molar-refractivity contribution in [2.24, 2.45) is 5.41 Å². The molecule has 0 heteroatoms. The summed E-state index contributed by atoms with van der Waals surface area (Å²) in [5, 5.41) is 0. The lowest BCUT2D eigenvalue weighted by atomic mass is 9.71. The van der Waals surface area contributed by atoms with Crippen LogP contribution in [-0.2, 0) is 0 Å². The zero-order chi connectivity index (χ0) is 7.73. The van der Waals surface area contributed by atoms with Crippen LogP contribution in [0.1, 0.15) is 26.2 Å². The molecule has 2 aliphatic carbocycles. The van der Waals surface area contributed by atoms with E-state index in [0.29, 0.717) is 5.41 Å². The largest absolute Gasteiger partial charge is 0.0842 e. The van der Waals surface area contributed by atoms with Crippen LogP contribution >= 0.6 is 0 Å². The fraction of sp³-hybridized carbons (Fsp3) is 0.455. The van der Waals surface area contributed by atoms with E-state index in [0.717, 1.165) is 0 Å². The predicted molar refractivity (Wildman–Crippen MR) is 48.3 cm³/mol. The predicted octanol–water partition coefficient (Wildman–Crippen LogP) is 3.23. The summed E-state index contributed by atoms with van der Waals surface area (Å²) in [6, 6.07) is 0. The van der Waals surface area contributed by atoms with E-state index in [4.69, 9.17) is 0 Å². The van der Waals surface area contributed by atoms with E-state index in [2.05, 4.69) is 37.3 Å². The molecule has 2 aliphatic rings. The summed E-state index contributed by atoms with van der Waals surface area (Å²) < 4.78 is 0. The van der Waals surface area contributed by atoms with Gasteiger partial charge in [0, 0.05) is 0 Å². The molecule has 0 aromatic rings. The van der Waals surface area contributed by atoms with Crippen molar-refractivity contribution in [1.29, 1.82) is 0 Å². The molecule has 0 heterocycles. The maximum atomic E-state index is 2.37. The van der Waals surface area contributed by atoms with Crippen molar-refractivity contribution in [2.75, 3.05) is 0 Å². The SMILES string of the molecule is CC12CC=CC=C1C=CCC2. The van der Waals surface area contributed by atoms with E-state index in [1.54, 1.807) is 0 Å². The van der Waals surface area contributed by atoms with Gasteiger partial charge in [-0.25, -0.2) is 0 Å². The Bertz CT molecular complexity index is 243. The van der Waals surface area contributed by atoms with Crippen LogP contribution in [0, 0.1) is 5.41 Å². The number of allylic oxidation sites excluding steroid dienone is 6. The Balaban J connectivity index is 2.38. The van der Waals surface area contributed by atoms with Gasteiger partial charge in [-0.2, -0.15) is 0 Å². The van der Waals surface area contributed by atoms with Crippen LogP contribution in [-0.4, -0.2) is 0 Å². The standard InChI is InChI=1S/C11H14/c1-11-8-4-2-6-10(11)7-3-5-9-11/h2-4,6-7H,5,8-9H2,1H3. The molecule has 0 spiro atoms. The summed E-state index contributed by atoms with van der Waals surface area (Å²) in [5.41, 5.74) is 1.98. The molecule has 0 fully saturated rings. The van der Waals surface area contributed by atoms with Crippen molar-refractivity contribution >= 4 is 0 Å². The van der Waals surface area contributed by atoms with E-state index in [-0.39, 0.29) is 0 Å². The van der Waals surface area contributed by atoms with Crippen LogP contribution in [0.3, 0.4) is 0 Å². The van der Waals surface area contributed by atoms with Crippen molar-refractivity contribution in [3.05, 3.63) is 36.0 Å². The molecule has 58 valence electrons. The topological polar surface area (TPSA) is 0 Å². The molecule has 0 nitrogen and oxygen atoms in total. The molecule has 1 atom stereocenters. The average Bonchev–Trinajstić information content (AvgIpc) is 2.03. The number of hydrogen-bond acceptors (Lipinski definition) is 0. The lowest BCUT2D eigenvalue weighted by Crippen LogP contribution is -2.21. The highest BCUT2D eigenvalue weighted by molar-refractivity contribution is 5.36. The number of hydrogen-bond donors (Lipinski definition) is 0. The van der Waals surface area contributed by atoms with Crippen molar-refractivity contribution in [3.63, 3.8) is 0 Å². The lowest BCUT2D eigenvalue weighted by Gasteiger charge is -2.34. The van der Waals surface area contributed by atoms with Gasteiger partial charge in [0.15, 0.2) is 0 Å². The van der Waals surface area contributed by atoms with Crippen LogP contribution in [0.4, 0.5) is 0 Å². The second kappa shape index (κ2) is 2.37. The summed E-state index contributed by atoms with van der Waals surface area (Å²) in [4.78, 5) is 0. The third-order valence-corrected chi connectivity index (χ3v) is 2.84. The fourth-order valence-corrected chi connectivity index (χ4v) is 1.93. The molecular formula is C11H14. The summed E-state index contributed by atoms with van der Waals surface area (Å²) in [6.07, 6.45) is 15.1. The molecule has 1 unspecified atom stereocenters. The maximum absolute atomic E-state index is 2.37. The molecule has 0 amide bonds. The first-order valence-corrected chi connectivity index (χ1v) is 4.35. The number of rotatable bonds is 0. The van der Waals surface area contributed by atoms with Gasteiger partial charge in [-0.05, 0) is 30.3 Å². The van der Waals surface area contributed by atoms with E-state index >= 15 is 0 Å². The highest BCUT2D eigenvalue weighted by Gasteiger charge is 2.28. The monoisotopic (exact) mass is 146 g/mol. The lowest BCUT2D eigenvalue weighted by molar-refractivity contribution is 0.369. The summed E-state index contributed by atoms with van der Waals surface area (Å²) in [6.45, 7) is 2.37. The zero-order valence-corrected chi connectivity index (χ0v) is 7.01. The third-order valence-electron chi connectivity index (χ3n) is 2.84. The second-order valence-corrected chi connectivity index (χ2v) is 3.76. The molecule has 11 heavy (non-hydrogen) atoms. The summed E-state index contributed by atoms with van der Waals surface area (Å²) >= 11 is 0. The first kappa shape index (κ1) is 6.90. The molecular weight excluding hydrogens is 132 g/mol. The summed E-state index contributed by atoms with van der Waals surface area (Å²) in [7, 11) is 0. The van der Waals surface area contributed by atoms with Gasteiger partial charge in [-0.15, -0.1) is 0 Å². The van der Waals surface area contributed by atoms with Gasteiger partial charge in [0.2, 0.25) is 0 Å². The van der Waals surface area contributed by atoms with Crippen LogP contribution in [0.15, 0.2) is 36.0 Å². The molecule has 0 aromatic carbocycles. The minimum absolute atomic E-state index is 0.462. The van der Waals surface area contributed by atoms with Crippen LogP contribution < -0.4 is 0 Å². The molecule has 0 saturated carbocycles. The minimum atomic E-state index is 0.462. The Hall–Kier alpha value is -0.780. The minimum Gasteiger partial charge on any atom is -0.0842 e. The third kappa shape index (κ3) is 1.07. The van der Waals surface area contributed by atoms with E-state index in [1.165, 1.54) is 24.8 Å². The summed E-state index contributed by atoms with van der Waals surface area (Å²) in [5.74, 6) is 0. The van der Waals surface area contributed by atoms with Crippen molar-refractivity contribution in [3.8, 4) is 0 Å². The molecule has 0 aliphatic heterocycles. The molecule has 0 N–H and O–H groups in total. The fourth-order valence-electron chi connectivity index (χ4n) is 1.93. The Morgan fingerprint density at radius 1 is 1.36 bits per heavy atom. The Morgan fingerprint density at radius 3 is 3.09 bits per heavy atom. The van der Waals surface area contributed by atoms with E-state index in [9.17, 15) is 0 Å². The first-order valence-electron chi connectivity index (χ1n) is 4.35. The first-order chi connectivity index (χ1) is 5.31. The Morgan fingerprint density at radius 2 is 2.27 bits per heavy atom. The van der Waals surface area contributed by atoms with Crippen LogP contribution in [0.2, 0.25) is 0 Å². The van der Waals surface area contributed by atoms with Crippen molar-refractivity contribution in [1.82, 2.24) is 0 Å². The van der Waals surface area contributed by atoms with Crippen LogP contribution in [0.25, 0.3) is 0 Å². The van der Waals surface area contributed by atoms with E-state index < -0.39 is 0 Å². The average molecular weight is 146 g/mol. The normalized spacial score (nSPS) is 34.8. The maximum Gasteiger partial charge on any atom is -0.00379 e. The molecule has 2 rings (SSSR count). The molecule has 0 saturated heterocycles. The van der Waals surface area contributed by atoms with Gasteiger partial charge in [0.25, 0.3) is 0 Å². The van der Waals surface area contributed by atoms with Crippen molar-refractivity contribution < 1.29 is 0 Å². The molecule has 0 aromatic heterocycles. The van der Waals surface area contributed by atoms with E-state index in [1.807, 2.05) is 0 Å². The zero-order valence-electron chi connectivity index (χ0n) is 7.01. The molecule has 0 bridgehead atoms. The Labute approximate surface area is 68.3 Å². The van der Waals surface area contributed by atoms with Gasteiger partial charge in [-0.3, -0.25) is 0 Å². The quantitative estimate of drug-likeness (QED) is 0.492. The van der Waals surface area contributed by atoms with Gasteiger partial charge in [-0.1, -0.05) is 37.3 Å². The van der Waals surface area contributed by atoms with Crippen LogP contribution in [0.5, 0.6) is 0 Å². The second-order valence-electron chi connectivity index (χ2n) is 3.76. The van der Waals surface area contributed by atoms with Crippen molar-refractivity contribution in [2.45, 2.75) is 26.2 Å². The smallest absolute Gasteiger partial charge is 0.00379 e. The van der Waals surface area contributed by atoms with Gasteiger partial charge in [0.05, 0.1) is 0 Å². The van der Waals surface area contributed by atoms with Gasteiger partial charge >= 0.3 is 0 Å². The van der Waals surface area contributed by atoms with Gasteiger partial charge < -0.3 is 0 Å².